The zero-order chi connectivity index (χ0) is 23.7. The zero-order valence-corrected chi connectivity index (χ0v) is 18.8. The molecule has 0 saturated carbocycles. The van der Waals surface area contributed by atoms with Gasteiger partial charge in [0.25, 0.3) is 11.8 Å². The van der Waals surface area contributed by atoms with Crippen LogP contribution in [-0.4, -0.2) is 29.9 Å². The van der Waals surface area contributed by atoms with Crippen molar-refractivity contribution in [2.75, 3.05) is 12.4 Å². The first-order valence-electron chi connectivity index (χ1n) is 11.3. The van der Waals surface area contributed by atoms with Gasteiger partial charge in [-0.2, -0.15) is 0 Å². The van der Waals surface area contributed by atoms with Crippen LogP contribution in [0, 0.1) is 0 Å². The van der Waals surface area contributed by atoms with Crippen LogP contribution < -0.4 is 15.4 Å². The highest BCUT2D eigenvalue weighted by Crippen LogP contribution is 2.40. The van der Waals surface area contributed by atoms with Gasteiger partial charge in [-0.3, -0.25) is 14.5 Å². The summed E-state index contributed by atoms with van der Waals surface area (Å²) in [4.78, 5) is 40.1. The summed E-state index contributed by atoms with van der Waals surface area (Å²) in [6.45, 7) is 0.148. The van der Waals surface area contributed by atoms with E-state index in [0.717, 1.165) is 29.5 Å². The Labute approximate surface area is 197 Å². The minimum Gasteiger partial charge on any atom is -0.497 e. The number of benzene rings is 3. The van der Waals surface area contributed by atoms with Crippen molar-refractivity contribution >= 4 is 23.5 Å². The number of hydrogen-bond acceptors (Lipinski definition) is 4. The van der Waals surface area contributed by atoms with Crippen LogP contribution in [-0.2, 0) is 23.3 Å². The lowest BCUT2D eigenvalue weighted by atomic mass is 9.76. The lowest BCUT2D eigenvalue weighted by Gasteiger charge is -2.33. The molecule has 1 aliphatic heterocycles. The van der Waals surface area contributed by atoms with Crippen LogP contribution in [0.4, 0.5) is 10.5 Å². The Morgan fingerprint density at radius 2 is 1.76 bits per heavy atom. The van der Waals surface area contributed by atoms with E-state index in [1.54, 1.807) is 55.6 Å². The third-order valence-electron chi connectivity index (χ3n) is 6.56. The van der Waals surface area contributed by atoms with Gasteiger partial charge in [0.05, 0.1) is 13.7 Å². The second-order valence-electron chi connectivity index (χ2n) is 8.62. The molecule has 2 aliphatic rings. The first kappa shape index (κ1) is 21.7. The third kappa shape index (κ3) is 3.79. The molecule has 0 aromatic heterocycles. The van der Waals surface area contributed by atoms with E-state index in [1.165, 1.54) is 4.90 Å². The molecule has 5 rings (SSSR count). The SMILES string of the molecule is COc1ccc(NC(=O)c2ccc(CN3C(=O)N[C@@]4(CCCc5ccccc54)C3=O)cc2)cc1. The highest BCUT2D eigenvalue weighted by atomic mass is 16.5. The Hall–Kier alpha value is -4.13. The van der Waals surface area contributed by atoms with Crippen molar-refractivity contribution in [3.63, 3.8) is 0 Å². The number of nitrogens with one attached hydrogen (secondary N) is 2. The number of carbonyl (C=O) groups is 3. The molecule has 172 valence electrons. The summed E-state index contributed by atoms with van der Waals surface area (Å²) in [7, 11) is 1.59. The summed E-state index contributed by atoms with van der Waals surface area (Å²) in [6.07, 6.45) is 2.34. The molecule has 0 unspecified atom stereocenters. The van der Waals surface area contributed by atoms with Crippen LogP contribution >= 0.6 is 0 Å². The Bertz CT molecular complexity index is 1250. The molecule has 1 heterocycles. The number of nitrogens with zero attached hydrogens (tertiary/aromatic N) is 1. The maximum absolute atomic E-state index is 13.5. The quantitative estimate of drug-likeness (QED) is 0.564. The molecule has 7 heteroatoms. The molecule has 0 radical (unpaired) electrons. The number of ether oxygens (including phenoxy) is 1. The van der Waals surface area contributed by atoms with Gasteiger partial charge in [0, 0.05) is 11.3 Å². The highest BCUT2D eigenvalue weighted by Gasteiger charge is 2.53. The fourth-order valence-electron chi connectivity index (χ4n) is 4.78. The van der Waals surface area contributed by atoms with Gasteiger partial charge in [0.1, 0.15) is 11.3 Å². The maximum atomic E-state index is 13.5. The van der Waals surface area contributed by atoms with Crippen LogP contribution in [0.5, 0.6) is 5.75 Å². The largest absolute Gasteiger partial charge is 0.497 e. The number of hydrogen-bond donors (Lipinski definition) is 2. The number of aryl methyl sites for hydroxylation is 1. The normalized spacial score (nSPS) is 19.0. The molecule has 1 spiro atoms. The molecule has 1 atom stereocenters. The van der Waals surface area contributed by atoms with Crippen molar-refractivity contribution in [1.29, 1.82) is 0 Å². The lowest BCUT2D eigenvalue weighted by molar-refractivity contribution is -0.132. The molecule has 3 aromatic rings. The van der Waals surface area contributed by atoms with Crippen molar-refractivity contribution in [2.24, 2.45) is 0 Å². The third-order valence-corrected chi connectivity index (χ3v) is 6.56. The molecule has 4 amide bonds. The molecule has 1 aliphatic carbocycles. The Balaban J connectivity index is 1.29. The average Bonchev–Trinajstić information content (AvgIpc) is 3.10. The molecule has 3 aromatic carbocycles. The topological polar surface area (TPSA) is 87.7 Å². The van der Waals surface area contributed by atoms with E-state index in [9.17, 15) is 14.4 Å². The van der Waals surface area contributed by atoms with Crippen molar-refractivity contribution in [1.82, 2.24) is 10.2 Å². The monoisotopic (exact) mass is 455 g/mol. The molecule has 2 N–H and O–H groups in total. The number of methoxy groups -OCH3 is 1. The predicted molar refractivity (Wildman–Crippen MR) is 128 cm³/mol. The summed E-state index contributed by atoms with van der Waals surface area (Å²) < 4.78 is 5.13. The number of anilines is 1. The van der Waals surface area contributed by atoms with Crippen LogP contribution in [0.25, 0.3) is 0 Å². The van der Waals surface area contributed by atoms with E-state index in [-0.39, 0.29) is 24.4 Å². The zero-order valence-electron chi connectivity index (χ0n) is 18.8. The fraction of sp³-hybridized carbons (Fsp3) is 0.222. The number of amides is 4. The average molecular weight is 456 g/mol. The Morgan fingerprint density at radius 1 is 1.03 bits per heavy atom. The van der Waals surface area contributed by atoms with Crippen LogP contribution in [0.3, 0.4) is 0 Å². The first-order chi connectivity index (χ1) is 16.5. The predicted octanol–water partition coefficient (Wildman–Crippen LogP) is 4.23. The molecular weight excluding hydrogens is 430 g/mol. The molecule has 1 fully saturated rings. The van der Waals surface area contributed by atoms with Gasteiger partial charge in [0.15, 0.2) is 0 Å². The lowest BCUT2D eigenvalue weighted by Crippen LogP contribution is -2.46. The van der Waals surface area contributed by atoms with Crippen molar-refractivity contribution < 1.29 is 19.1 Å². The number of imide groups is 1. The van der Waals surface area contributed by atoms with E-state index in [2.05, 4.69) is 10.6 Å². The number of rotatable bonds is 5. The van der Waals surface area contributed by atoms with Gasteiger partial charge in [-0.1, -0.05) is 36.4 Å². The molecular formula is C27H25N3O4. The number of fused-ring (bicyclic) bond motifs is 2. The standard InChI is InChI=1S/C27H25N3O4/c1-34-22-14-12-21(13-15-22)28-24(31)20-10-8-18(9-11-20)17-30-25(32)27(29-26(30)33)16-4-6-19-5-2-3-7-23(19)27/h2-3,5,7-15H,4,6,16-17H2,1H3,(H,28,31)(H,29,33)/t27-/m1/s1. The van der Waals surface area contributed by atoms with Crippen LogP contribution in [0.1, 0.15) is 39.9 Å². The molecule has 0 bridgehead atoms. The fourth-order valence-corrected chi connectivity index (χ4v) is 4.78. The van der Waals surface area contributed by atoms with Gasteiger partial charge in [0.2, 0.25) is 0 Å². The molecule has 34 heavy (non-hydrogen) atoms. The Morgan fingerprint density at radius 3 is 2.50 bits per heavy atom. The van der Waals surface area contributed by atoms with Gasteiger partial charge in [-0.15, -0.1) is 0 Å². The van der Waals surface area contributed by atoms with E-state index in [4.69, 9.17) is 4.74 Å². The second kappa shape index (κ2) is 8.67. The summed E-state index contributed by atoms with van der Waals surface area (Å²) in [6, 6.07) is 21.4. The van der Waals surface area contributed by atoms with Gasteiger partial charge in [-0.05, 0) is 72.4 Å². The summed E-state index contributed by atoms with van der Waals surface area (Å²) in [5.74, 6) is 0.247. The summed E-state index contributed by atoms with van der Waals surface area (Å²) >= 11 is 0. The van der Waals surface area contributed by atoms with E-state index < -0.39 is 5.54 Å². The van der Waals surface area contributed by atoms with E-state index in [1.807, 2.05) is 24.3 Å². The first-order valence-corrected chi connectivity index (χ1v) is 11.3. The number of carbonyl (C=O) groups excluding carboxylic acids is 3. The van der Waals surface area contributed by atoms with Crippen molar-refractivity contribution in [3.05, 3.63) is 95.1 Å². The Kier molecular flexibility index (Phi) is 5.53. The van der Waals surface area contributed by atoms with Crippen molar-refractivity contribution in [2.45, 2.75) is 31.3 Å². The van der Waals surface area contributed by atoms with Gasteiger partial charge in [-0.25, -0.2) is 4.79 Å². The molecule has 1 saturated heterocycles. The second-order valence-corrected chi connectivity index (χ2v) is 8.62. The minimum atomic E-state index is -0.982. The summed E-state index contributed by atoms with van der Waals surface area (Å²) in [5.41, 5.74) is 2.93. The maximum Gasteiger partial charge on any atom is 0.325 e. The van der Waals surface area contributed by atoms with Crippen LogP contribution in [0.2, 0.25) is 0 Å². The molecule has 7 nitrogen and oxygen atoms in total. The number of urea groups is 1. The van der Waals surface area contributed by atoms with Gasteiger partial charge < -0.3 is 15.4 Å². The minimum absolute atomic E-state index is 0.148. The summed E-state index contributed by atoms with van der Waals surface area (Å²) in [5, 5.41) is 5.82. The van der Waals surface area contributed by atoms with Crippen LogP contribution in [0.15, 0.2) is 72.8 Å². The van der Waals surface area contributed by atoms with E-state index >= 15 is 0 Å². The smallest absolute Gasteiger partial charge is 0.325 e. The van der Waals surface area contributed by atoms with Gasteiger partial charge >= 0.3 is 6.03 Å². The highest BCUT2D eigenvalue weighted by molar-refractivity contribution is 6.08. The van der Waals surface area contributed by atoms with Crippen molar-refractivity contribution in [3.8, 4) is 5.75 Å². The van der Waals surface area contributed by atoms with E-state index in [0.29, 0.717) is 23.4 Å².